The van der Waals surface area contributed by atoms with Gasteiger partial charge >= 0.3 is 0 Å². The van der Waals surface area contributed by atoms with Gasteiger partial charge in [0.15, 0.2) is 0 Å². The maximum atomic E-state index is 12.8. The third kappa shape index (κ3) is 3.46. The number of H-pyrrole nitrogens is 1. The van der Waals surface area contributed by atoms with Crippen LogP contribution in [0.25, 0.3) is 16.1 Å². The largest absolute Gasteiger partial charge is 0.573 e. The van der Waals surface area contributed by atoms with Gasteiger partial charge in [-0.25, -0.2) is 8.42 Å². The number of nitrogens with zero attached hydrogens (tertiary/aromatic N) is 4. The maximum Gasteiger partial charge on any atom is 0.204 e. The molecule has 2 aromatic carbocycles. The molecule has 1 heterocycles. The first-order chi connectivity index (χ1) is 11.8. The third-order valence-corrected chi connectivity index (χ3v) is 5.99. The molecule has 0 saturated carbocycles. The first-order valence-electron chi connectivity index (χ1n) is 7.06. The second kappa shape index (κ2) is 6.62. The van der Waals surface area contributed by atoms with E-state index in [0.29, 0.717) is 27.5 Å². The average molecular weight is 397 g/mol. The molecule has 0 aliphatic carbocycles. The van der Waals surface area contributed by atoms with Gasteiger partial charge in [0, 0.05) is 10.6 Å². The Kier molecular flexibility index (Phi) is 4.68. The van der Waals surface area contributed by atoms with Gasteiger partial charge in [0.05, 0.1) is 9.92 Å². The number of tetrazole rings is 1. The van der Waals surface area contributed by atoms with E-state index in [4.69, 9.17) is 23.2 Å². The van der Waals surface area contributed by atoms with Crippen molar-refractivity contribution in [2.75, 3.05) is 0 Å². The number of nitrogens with one attached hydrogen (secondary N) is 1. The normalized spacial score (nSPS) is 11.5. The molecular formula is C15H12Cl2N5O2S-. The smallest absolute Gasteiger partial charge is 0.204 e. The Hall–Kier alpha value is -2.16. The quantitative estimate of drug-likeness (QED) is 0.711. The second-order valence-electron chi connectivity index (χ2n) is 5.30. The monoisotopic (exact) mass is 396 g/mol. The van der Waals surface area contributed by atoms with Crippen LogP contribution < -0.4 is 0 Å². The molecule has 3 rings (SSSR count). The van der Waals surface area contributed by atoms with Crippen LogP contribution in [0.1, 0.15) is 11.1 Å². The summed E-state index contributed by atoms with van der Waals surface area (Å²) in [5, 5.41) is 14.0. The molecule has 0 amide bonds. The summed E-state index contributed by atoms with van der Waals surface area (Å²) >= 11 is 12.3. The molecule has 25 heavy (non-hydrogen) atoms. The highest BCUT2D eigenvalue weighted by Gasteiger charge is 2.18. The van der Waals surface area contributed by atoms with Crippen molar-refractivity contribution in [1.29, 1.82) is 0 Å². The zero-order valence-corrected chi connectivity index (χ0v) is 15.5. The first-order valence-corrected chi connectivity index (χ1v) is 9.26. The lowest BCUT2D eigenvalue weighted by molar-refractivity contribution is 0.602. The van der Waals surface area contributed by atoms with Crippen LogP contribution in [-0.2, 0) is 10.0 Å². The van der Waals surface area contributed by atoms with E-state index in [0.717, 1.165) is 0 Å². The highest BCUT2D eigenvalue weighted by atomic mass is 35.5. The number of halogens is 2. The molecule has 0 spiro atoms. The summed E-state index contributed by atoms with van der Waals surface area (Å²) in [6.45, 7) is 3.27. The molecule has 0 radical (unpaired) electrons. The average Bonchev–Trinajstić information content (AvgIpc) is 3.07. The van der Waals surface area contributed by atoms with Gasteiger partial charge in [-0.1, -0.05) is 47.5 Å². The van der Waals surface area contributed by atoms with Crippen molar-refractivity contribution < 1.29 is 8.42 Å². The Morgan fingerprint density at radius 3 is 2.60 bits per heavy atom. The Labute approximate surface area is 154 Å². The van der Waals surface area contributed by atoms with Gasteiger partial charge in [-0.2, -0.15) is 5.21 Å². The summed E-state index contributed by atoms with van der Waals surface area (Å²) in [5.41, 5.74) is 1.72. The summed E-state index contributed by atoms with van der Waals surface area (Å²) in [6, 6.07) is 8.09. The molecule has 0 fully saturated rings. The van der Waals surface area contributed by atoms with E-state index < -0.39 is 10.0 Å². The number of aryl methyl sites for hydroxylation is 1. The van der Waals surface area contributed by atoms with Crippen LogP contribution in [0.15, 0.2) is 35.2 Å². The summed E-state index contributed by atoms with van der Waals surface area (Å²) in [7, 11) is -4.06. The van der Waals surface area contributed by atoms with Crippen molar-refractivity contribution in [3.05, 3.63) is 56.2 Å². The molecule has 0 bridgehead atoms. The van der Waals surface area contributed by atoms with E-state index in [1.807, 2.05) is 0 Å². The number of hydrogen-bond acceptors (Lipinski definition) is 5. The van der Waals surface area contributed by atoms with E-state index in [2.05, 4.69) is 25.3 Å². The first kappa shape index (κ1) is 17.7. The second-order valence-corrected chi connectivity index (χ2v) is 7.62. The zero-order valence-electron chi connectivity index (χ0n) is 13.2. The van der Waals surface area contributed by atoms with Crippen LogP contribution in [0.3, 0.4) is 0 Å². The molecular weight excluding hydrogens is 385 g/mol. The summed E-state index contributed by atoms with van der Waals surface area (Å²) < 4.78 is 29.5. The molecule has 7 nitrogen and oxygen atoms in total. The summed E-state index contributed by atoms with van der Waals surface area (Å²) in [5.74, 6) is 0.335. The van der Waals surface area contributed by atoms with Crippen molar-refractivity contribution in [3.63, 3.8) is 0 Å². The standard InChI is InChI=1S/C15H12Cl2N5O2S/c1-8-6-12(16)9(2)14(13(8)17)25(23,24)20-11-5-3-4-10(7-11)15-18-21-22-19-15/h3-7H,1-2H3,(H,18,19,21,22)/q-1. The fraction of sp³-hybridized carbons (Fsp3) is 0.133. The van der Waals surface area contributed by atoms with Crippen molar-refractivity contribution in [3.8, 4) is 11.4 Å². The number of benzene rings is 2. The van der Waals surface area contributed by atoms with E-state index in [9.17, 15) is 8.42 Å². The molecule has 0 unspecified atom stereocenters. The van der Waals surface area contributed by atoms with Crippen LogP contribution in [0, 0.1) is 13.8 Å². The van der Waals surface area contributed by atoms with E-state index in [1.165, 1.54) is 0 Å². The van der Waals surface area contributed by atoms with E-state index in [-0.39, 0.29) is 15.6 Å². The van der Waals surface area contributed by atoms with Crippen LogP contribution in [0.5, 0.6) is 0 Å². The molecule has 0 atom stereocenters. The predicted octanol–water partition coefficient (Wildman–Crippen LogP) is 4.18. The third-order valence-electron chi connectivity index (χ3n) is 3.52. The number of hydrogen-bond donors (Lipinski definition) is 1. The number of sulfonamides is 1. The molecule has 1 aromatic heterocycles. The Morgan fingerprint density at radius 2 is 1.92 bits per heavy atom. The van der Waals surface area contributed by atoms with Gasteiger partial charge in [0.2, 0.25) is 5.82 Å². The lowest BCUT2D eigenvalue weighted by Gasteiger charge is -2.25. The van der Waals surface area contributed by atoms with Crippen molar-refractivity contribution in [2.24, 2.45) is 0 Å². The minimum Gasteiger partial charge on any atom is -0.573 e. The van der Waals surface area contributed by atoms with Crippen LogP contribution >= 0.6 is 23.2 Å². The topological polar surface area (TPSA) is 103 Å². The minimum atomic E-state index is -4.06. The maximum absolute atomic E-state index is 12.8. The number of aromatic nitrogens is 4. The molecule has 3 aromatic rings. The van der Waals surface area contributed by atoms with E-state index >= 15 is 0 Å². The van der Waals surface area contributed by atoms with Crippen LogP contribution in [-0.4, -0.2) is 29.0 Å². The molecule has 1 N–H and O–H groups in total. The van der Waals surface area contributed by atoms with Crippen LogP contribution in [0.2, 0.25) is 10.0 Å². The van der Waals surface area contributed by atoms with Gasteiger partial charge in [-0.3, -0.25) is 0 Å². The van der Waals surface area contributed by atoms with E-state index in [1.54, 1.807) is 44.2 Å². The van der Waals surface area contributed by atoms with Crippen LogP contribution in [0.4, 0.5) is 5.69 Å². The molecule has 130 valence electrons. The van der Waals surface area contributed by atoms with Gasteiger partial charge in [-0.15, -0.1) is 15.9 Å². The Morgan fingerprint density at radius 1 is 1.16 bits per heavy atom. The molecule has 10 heteroatoms. The predicted molar refractivity (Wildman–Crippen MR) is 95.8 cm³/mol. The van der Waals surface area contributed by atoms with Crippen molar-refractivity contribution in [1.82, 2.24) is 20.6 Å². The van der Waals surface area contributed by atoms with Crippen molar-refractivity contribution in [2.45, 2.75) is 18.7 Å². The van der Waals surface area contributed by atoms with Gasteiger partial charge in [0.25, 0.3) is 0 Å². The van der Waals surface area contributed by atoms with Gasteiger partial charge < -0.3 is 4.72 Å². The minimum absolute atomic E-state index is 0.0934. The molecule has 0 aliphatic rings. The highest BCUT2D eigenvalue weighted by molar-refractivity contribution is 7.94. The van der Waals surface area contributed by atoms with Gasteiger partial charge in [-0.05, 0) is 36.3 Å². The van der Waals surface area contributed by atoms with Crippen molar-refractivity contribution >= 4 is 38.9 Å². The zero-order chi connectivity index (χ0) is 18.2. The fourth-order valence-electron chi connectivity index (χ4n) is 2.29. The molecule has 0 aliphatic heterocycles. The fourth-order valence-corrected chi connectivity index (χ4v) is 4.46. The Balaban J connectivity index is 2.03. The SMILES string of the molecule is Cc1cc(Cl)c(C)c(S(=O)(=O)[N-]c2cccc(-c3nn[nH]n3)c2)c1Cl. The lowest BCUT2D eigenvalue weighted by atomic mass is 10.2. The number of rotatable bonds is 4. The number of aromatic amines is 1. The van der Waals surface area contributed by atoms with Gasteiger partial charge in [0.1, 0.15) is 10.0 Å². The Bertz CT molecular complexity index is 1010. The highest BCUT2D eigenvalue weighted by Crippen LogP contribution is 2.38. The summed E-state index contributed by atoms with van der Waals surface area (Å²) in [6.07, 6.45) is 0. The summed E-state index contributed by atoms with van der Waals surface area (Å²) in [4.78, 5) is -0.0934. The lowest BCUT2D eigenvalue weighted by Crippen LogP contribution is -2.03. The molecule has 0 saturated heterocycles.